The van der Waals surface area contributed by atoms with Crippen LogP contribution >= 0.6 is 0 Å². The van der Waals surface area contributed by atoms with Crippen molar-refractivity contribution in [1.82, 2.24) is 19.1 Å². The summed E-state index contributed by atoms with van der Waals surface area (Å²) in [6.45, 7) is 9.78. The molecule has 0 saturated heterocycles. The number of amides is 1. The van der Waals surface area contributed by atoms with Gasteiger partial charge in [-0.2, -0.15) is 4.31 Å². The van der Waals surface area contributed by atoms with Crippen molar-refractivity contribution in [2.45, 2.75) is 45.2 Å². The number of sulfonamides is 1. The fraction of sp³-hybridized carbons (Fsp3) is 0.524. The Kier molecular flexibility index (Phi) is 9.02. The first-order valence-corrected chi connectivity index (χ1v) is 12.0. The maximum Gasteiger partial charge on any atom is 0.251 e. The zero-order chi connectivity index (χ0) is 23.0. The number of aromatic nitrogens is 1. The van der Waals surface area contributed by atoms with Crippen molar-refractivity contribution in [1.29, 1.82) is 0 Å². The Labute approximate surface area is 183 Å². The molecule has 0 bridgehead atoms. The fourth-order valence-corrected chi connectivity index (χ4v) is 4.95. The van der Waals surface area contributed by atoms with Gasteiger partial charge in [-0.1, -0.05) is 27.7 Å². The van der Waals surface area contributed by atoms with Crippen LogP contribution in [-0.4, -0.2) is 60.8 Å². The number of hydrogen-bond acceptors (Lipinski definition) is 6. The molecule has 0 aromatic carbocycles. The van der Waals surface area contributed by atoms with E-state index in [1.54, 1.807) is 26.2 Å². The summed E-state index contributed by atoms with van der Waals surface area (Å²) in [5, 5.41) is 2.84. The third-order valence-corrected chi connectivity index (χ3v) is 7.26. The number of carbonyl (C=O) groups is 1. The molecule has 0 radical (unpaired) electrons. The molecule has 2 rings (SSSR count). The number of furan rings is 1. The van der Waals surface area contributed by atoms with Crippen LogP contribution in [0, 0.1) is 0 Å². The number of nitrogens with zero attached hydrogens (tertiary/aromatic N) is 3. The van der Waals surface area contributed by atoms with E-state index in [4.69, 9.17) is 4.42 Å². The van der Waals surface area contributed by atoms with Gasteiger partial charge in [0, 0.05) is 31.9 Å². The quantitative estimate of drug-likeness (QED) is 0.525. The average molecular weight is 453 g/mol. The summed E-state index contributed by atoms with van der Waals surface area (Å²) in [7, 11) is -3.73. The Balaban J connectivity index is 2.15. The normalized spacial score (nSPS) is 13.0. The number of likely N-dealkylation sites (N-methyl/N-ethyl adjacent to an activating group) is 1. The summed E-state index contributed by atoms with van der Waals surface area (Å²) < 4.78 is 33.4. The van der Waals surface area contributed by atoms with Crippen LogP contribution in [0.4, 0.5) is 0 Å². The molecule has 2 aromatic rings. The molecule has 1 N–H and O–H groups in total. The molecule has 0 spiro atoms. The molecule has 172 valence electrons. The van der Waals surface area contributed by atoms with Crippen molar-refractivity contribution in [3.05, 3.63) is 52.8 Å². The van der Waals surface area contributed by atoms with Crippen LogP contribution in [0.5, 0.6) is 0 Å². The van der Waals surface area contributed by atoms with Gasteiger partial charge >= 0.3 is 0 Å². The zero-order valence-corrected chi connectivity index (χ0v) is 19.4. The minimum Gasteiger partial charge on any atom is -0.468 e. The summed E-state index contributed by atoms with van der Waals surface area (Å²) in [4.78, 5) is 26.9. The van der Waals surface area contributed by atoms with Crippen molar-refractivity contribution in [2.75, 3.05) is 32.7 Å². The van der Waals surface area contributed by atoms with E-state index in [9.17, 15) is 18.0 Å². The van der Waals surface area contributed by atoms with Gasteiger partial charge in [0.05, 0.1) is 17.2 Å². The van der Waals surface area contributed by atoms with Crippen LogP contribution in [0.1, 0.15) is 39.5 Å². The third kappa shape index (κ3) is 6.05. The van der Waals surface area contributed by atoms with Crippen molar-refractivity contribution in [3.63, 3.8) is 0 Å². The summed E-state index contributed by atoms with van der Waals surface area (Å²) in [5.74, 6) is 0.358. The molecule has 0 fully saturated rings. The van der Waals surface area contributed by atoms with Gasteiger partial charge in [-0.25, -0.2) is 8.42 Å². The molecule has 10 heteroatoms. The molecule has 1 atom stereocenters. The van der Waals surface area contributed by atoms with Crippen LogP contribution in [-0.2, 0) is 21.4 Å². The lowest BCUT2D eigenvalue weighted by atomic mass is 10.2. The number of hydrogen-bond donors (Lipinski definition) is 1. The van der Waals surface area contributed by atoms with Crippen LogP contribution in [0.25, 0.3) is 0 Å². The van der Waals surface area contributed by atoms with Crippen LogP contribution in [0.3, 0.4) is 0 Å². The first-order chi connectivity index (χ1) is 14.8. The SMILES string of the molecule is CCN(CC)[C@H](CNC(=O)Cn1cc(S(=O)(=O)N(CC)CC)ccc1=O)c1ccco1. The second-order valence-corrected chi connectivity index (χ2v) is 8.91. The van der Waals surface area contributed by atoms with Gasteiger partial charge in [0.2, 0.25) is 15.9 Å². The van der Waals surface area contributed by atoms with Crippen LogP contribution in [0.2, 0.25) is 0 Å². The maximum absolute atomic E-state index is 12.7. The van der Waals surface area contributed by atoms with Crippen LogP contribution in [0.15, 0.2) is 50.8 Å². The van der Waals surface area contributed by atoms with Crippen molar-refractivity contribution < 1.29 is 17.6 Å². The number of nitrogens with one attached hydrogen (secondary N) is 1. The molecule has 2 aromatic heterocycles. The number of pyridine rings is 1. The van der Waals surface area contributed by atoms with Gasteiger partial charge in [0.15, 0.2) is 0 Å². The Morgan fingerprint density at radius 3 is 2.32 bits per heavy atom. The fourth-order valence-electron chi connectivity index (χ4n) is 3.47. The van der Waals surface area contributed by atoms with E-state index in [0.29, 0.717) is 19.6 Å². The van der Waals surface area contributed by atoms with Crippen LogP contribution < -0.4 is 10.9 Å². The van der Waals surface area contributed by atoms with Gasteiger partial charge in [-0.05, 0) is 31.3 Å². The Morgan fingerprint density at radius 1 is 1.10 bits per heavy atom. The Morgan fingerprint density at radius 2 is 1.77 bits per heavy atom. The molecule has 1 amide bonds. The second-order valence-electron chi connectivity index (χ2n) is 6.98. The van der Waals surface area contributed by atoms with Gasteiger partial charge in [-0.15, -0.1) is 0 Å². The van der Waals surface area contributed by atoms with Gasteiger partial charge < -0.3 is 14.3 Å². The number of rotatable bonds is 12. The molecule has 0 unspecified atom stereocenters. The van der Waals surface area contributed by atoms with Gasteiger partial charge in [0.1, 0.15) is 12.3 Å². The first kappa shape index (κ1) is 24.8. The minimum atomic E-state index is -3.73. The van der Waals surface area contributed by atoms with Crippen molar-refractivity contribution >= 4 is 15.9 Å². The van der Waals surface area contributed by atoms with Crippen molar-refractivity contribution in [2.24, 2.45) is 0 Å². The van der Waals surface area contributed by atoms with E-state index < -0.39 is 15.6 Å². The van der Waals surface area contributed by atoms with Gasteiger partial charge in [0.25, 0.3) is 5.56 Å². The lowest BCUT2D eigenvalue weighted by molar-refractivity contribution is -0.122. The summed E-state index contributed by atoms with van der Waals surface area (Å²) >= 11 is 0. The standard InChI is InChI=1S/C21H32N4O5S/c1-5-23(6-2)18(19-10-9-13-30-19)14-22-20(26)16-24-15-17(11-12-21(24)27)31(28,29)25(7-3)8-4/h9-13,15,18H,5-8,14,16H2,1-4H3,(H,22,26)/t18-/m1/s1. The first-order valence-electron chi connectivity index (χ1n) is 10.5. The molecule has 9 nitrogen and oxygen atoms in total. The lowest BCUT2D eigenvalue weighted by Crippen LogP contribution is -2.40. The zero-order valence-electron chi connectivity index (χ0n) is 18.6. The highest BCUT2D eigenvalue weighted by molar-refractivity contribution is 7.89. The third-order valence-electron chi connectivity index (χ3n) is 5.23. The molecular weight excluding hydrogens is 420 g/mol. The predicted molar refractivity (Wildman–Crippen MR) is 118 cm³/mol. The van der Waals surface area contributed by atoms with E-state index in [1.165, 1.54) is 22.6 Å². The topological polar surface area (TPSA) is 105 Å². The Hall–Kier alpha value is -2.43. The highest BCUT2D eigenvalue weighted by Gasteiger charge is 2.24. The summed E-state index contributed by atoms with van der Waals surface area (Å²) in [6.07, 6.45) is 2.82. The van der Waals surface area contributed by atoms with E-state index >= 15 is 0 Å². The number of carbonyl (C=O) groups excluding carboxylic acids is 1. The smallest absolute Gasteiger partial charge is 0.251 e. The van der Waals surface area contributed by atoms with E-state index in [0.717, 1.165) is 23.4 Å². The highest BCUT2D eigenvalue weighted by atomic mass is 32.2. The molecule has 0 aliphatic rings. The molecule has 31 heavy (non-hydrogen) atoms. The summed E-state index contributed by atoms with van der Waals surface area (Å²) in [5.41, 5.74) is -0.444. The largest absolute Gasteiger partial charge is 0.468 e. The van der Waals surface area contributed by atoms with E-state index in [1.807, 2.05) is 19.9 Å². The van der Waals surface area contributed by atoms with E-state index in [2.05, 4.69) is 10.2 Å². The molecule has 0 aliphatic carbocycles. The van der Waals surface area contributed by atoms with E-state index in [-0.39, 0.29) is 23.4 Å². The lowest BCUT2D eigenvalue weighted by Gasteiger charge is -2.28. The summed E-state index contributed by atoms with van der Waals surface area (Å²) in [6, 6.07) is 5.97. The predicted octanol–water partition coefficient (Wildman–Crippen LogP) is 1.67. The molecular formula is C21H32N4O5S. The Bertz CT molecular complexity index is 993. The minimum absolute atomic E-state index is 0.0137. The van der Waals surface area contributed by atoms with Gasteiger partial charge in [-0.3, -0.25) is 14.5 Å². The monoisotopic (exact) mass is 452 g/mol. The maximum atomic E-state index is 12.7. The molecule has 0 aliphatic heterocycles. The van der Waals surface area contributed by atoms with Crippen molar-refractivity contribution in [3.8, 4) is 0 Å². The highest BCUT2D eigenvalue weighted by Crippen LogP contribution is 2.20. The molecule has 0 saturated carbocycles. The second kappa shape index (κ2) is 11.3. The molecule has 2 heterocycles. The average Bonchev–Trinajstić information content (AvgIpc) is 3.27.